The summed E-state index contributed by atoms with van der Waals surface area (Å²) in [4.78, 5) is 25.9. The van der Waals surface area contributed by atoms with Gasteiger partial charge in [0.2, 0.25) is 0 Å². The molecule has 9 heteroatoms. The van der Waals surface area contributed by atoms with Crippen LogP contribution in [0.15, 0.2) is 30.6 Å². The quantitative estimate of drug-likeness (QED) is 0.734. The van der Waals surface area contributed by atoms with Crippen LogP contribution in [0, 0.1) is 6.92 Å². The highest BCUT2D eigenvalue weighted by molar-refractivity contribution is 6.04. The fourth-order valence-electron chi connectivity index (χ4n) is 3.30. The predicted molar refractivity (Wildman–Crippen MR) is 93.6 cm³/mol. The molecule has 4 rings (SSSR count). The molecule has 0 saturated carbocycles. The van der Waals surface area contributed by atoms with Gasteiger partial charge in [-0.1, -0.05) is 0 Å². The second-order valence-corrected chi connectivity index (χ2v) is 6.31. The van der Waals surface area contributed by atoms with Gasteiger partial charge >= 0.3 is 0 Å². The number of carbonyl (C=O) groups is 1. The van der Waals surface area contributed by atoms with Gasteiger partial charge in [0.15, 0.2) is 11.5 Å². The van der Waals surface area contributed by atoms with E-state index in [-0.39, 0.29) is 18.5 Å². The molecule has 0 aromatic carbocycles. The fourth-order valence-corrected chi connectivity index (χ4v) is 3.30. The van der Waals surface area contributed by atoms with E-state index in [4.69, 9.17) is 0 Å². The maximum atomic E-state index is 13.9. The number of aromatic amines is 1. The summed E-state index contributed by atoms with van der Waals surface area (Å²) >= 11 is 0. The predicted octanol–water partition coefficient (Wildman–Crippen LogP) is 1.40. The third kappa shape index (κ3) is 3.07. The number of carbonyl (C=O) groups excluding carboxylic acids is 1. The van der Waals surface area contributed by atoms with Gasteiger partial charge < -0.3 is 15.2 Å². The van der Waals surface area contributed by atoms with Gasteiger partial charge in [0, 0.05) is 25.4 Å². The van der Waals surface area contributed by atoms with Crippen molar-refractivity contribution in [2.45, 2.75) is 25.6 Å². The Hall–Kier alpha value is -3.10. The minimum absolute atomic E-state index is 0.175. The van der Waals surface area contributed by atoms with Crippen LogP contribution in [-0.4, -0.2) is 56.4 Å². The molecule has 1 amide bonds. The van der Waals surface area contributed by atoms with Gasteiger partial charge in [-0.15, -0.1) is 5.10 Å². The normalized spacial score (nSPS) is 19.8. The van der Waals surface area contributed by atoms with Crippen LogP contribution in [0.3, 0.4) is 0 Å². The van der Waals surface area contributed by atoms with Crippen LogP contribution in [-0.2, 0) is 0 Å². The van der Waals surface area contributed by atoms with E-state index >= 15 is 0 Å². The Bertz CT molecular complexity index is 929. The Morgan fingerprint density at radius 1 is 1.42 bits per heavy atom. The first kappa shape index (κ1) is 16.4. The number of nitrogens with zero attached hydrogens (tertiary/aromatic N) is 5. The zero-order valence-corrected chi connectivity index (χ0v) is 14.2. The average molecular weight is 355 g/mol. The van der Waals surface area contributed by atoms with Crippen molar-refractivity contribution in [3.05, 3.63) is 42.0 Å². The van der Waals surface area contributed by atoms with Crippen molar-refractivity contribution < 1.29 is 9.18 Å². The molecular weight excluding hydrogens is 337 g/mol. The largest absolute Gasteiger partial charge is 0.350 e. The SMILES string of the molecule is Cc1nc2nccc(C(=O)NC[C@@H]3C[C@H](F)CN3c3cccnn3)c2[nH]1. The van der Waals surface area contributed by atoms with Gasteiger partial charge in [-0.25, -0.2) is 14.4 Å². The molecule has 3 aromatic heterocycles. The smallest absolute Gasteiger partial charge is 0.253 e. The molecule has 2 atom stereocenters. The van der Waals surface area contributed by atoms with E-state index < -0.39 is 6.17 Å². The summed E-state index contributed by atoms with van der Waals surface area (Å²) in [6.07, 6.45) is 2.51. The number of hydrogen-bond acceptors (Lipinski definition) is 6. The molecule has 134 valence electrons. The number of amides is 1. The molecule has 8 nitrogen and oxygen atoms in total. The molecule has 4 heterocycles. The van der Waals surface area contributed by atoms with Crippen molar-refractivity contribution in [1.82, 2.24) is 30.5 Å². The summed E-state index contributed by atoms with van der Waals surface area (Å²) < 4.78 is 13.9. The van der Waals surface area contributed by atoms with Gasteiger partial charge in [-0.2, -0.15) is 5.10 Å². The van der Waals surface area contributed by atoms with Crippen LogP contribution in [0.4, 0.5) is 10.2 Å². The summed E-state index contributed by atoms with van der Waals surface area (Å²) in [6, 6.07) is 5.02. The number of alkyl halides is 1. The Morgan fingerprint density at radius 2 is 2.31 bits per heavy atom. The molecule has 0 radical (unpaired) electrons. The summed E-state index contributed by atoms with van der Waals surface area (Å²) in [7, 11) is 0. The zero-order valence-electron chi connectivity index (χ0n) is 14.2. The number of nitrogens with one attached hydrogen (secondary N) is 2. The van der Waals surface area contributed by atoms with Gasteiger partial charge in [0.1, 0.15) is 12.0 Å². The molecule has 26 heavy (non-hydrogen) atoms. The van der Waals surface area contributed by atoms with Crippen molar-refractivity contribution in [2.75, 3.05) is 18.0 Å². The lowest BCUT2D eigenvalue weighted by Crippen LogP contribution is -2.40. The number of hydrogen-bond donors (Lipinski definition) is 2. The van der Waals surface area contributed by atoms with Crippen molar-refractivity contribution in [3.8, 4) is 0 Å². The van der Waals surface area contributed by atoms with E-state index in [1.54, 1.807) is 30.6 Å². The van der Waals surface area contributed by atoms with E-state index in [0.29, 0.717) is 41.3 Å². The van der Waals surface area contributed by atoms with Crippen molar-refractivity contribution in [1.29, 1.82) is 0 Å². The zero-order chi connectivity index (χ0) is 18.1. The van der Waals surface area contributed by atoms with Gasteiger partial charge in [0.25, 0.3) is 5.91 Å². The molecule has 0 bridgehead atoms. The third-order valence-corrected chi connectivity index (χ3v) is 4.47. The lowest BCUT2D eigenvalue weighted by atomic mass is 10.2. The number of halogens is 1. The number of fused-ring (bicyclic) bond motifs is 1. The molecule has 2 N–H and O–H groups in total. The van der Waals surface area contributed by atoms with Gasteiger partial charge in [-0.05, 0) is 25.1 Å². The molecule has 1 fully saturated rings. The number of imidazole rings is 1. The number of pyridine rings is 1. The number of aryl methyl sites for hydroxylation is 1. The van der Waals surface area contributed by atoms with E-state index in [9.17, 15) is 9.18 Å². The van der Waals surface area contributed by atoms with E-state index in [0.717, 1.165) is 0 Å². The first-order chi connectivity index (χ1) is 12.6. The molecule has 1 aliphatic heterocycles. The molecular formula is C17H18FN7O. The molecule has 0 unspecified atom stereocenters. The number of H-pyrrole nitrogens is 1. The van der Waals surface area contributed by atoms with E-state index in [1.807, 2.05) is 11.8 Å². The fraction of sp³-hybridized carbons (Fsp3) is 0.353. The highest BCUT2D eigenvalue weighted by atomic mass is 19.1. The minimum Gasteiger partial charge on any atom is -0.350 e. The molecule has 0 aliphatic carbocycles. The summed E-state index contributed by atoms with van der Waals surface area (Å²) in [6.45, 7) is 2.37. The summed E-state index contributed by atoms with van der Waals surface area (Å²) in [5.41, 5.74) is 1.57. The lowest BCUT2D eigenvalue weighted by Gasteiger charge is -2.24. The monoisotopic (exact) mass is 355 g/mol. The molecule has 1 aliphatic rings. The van der Waals surface area contributed by atoms with Crippen LogP contribution >= 0.6 is 0 Å². The maximum absolute atomic E-state index is 13.9. The van der Waals surface area contributed by atoms with Crippen LogP contribution < -0.4 is 10.2 Å². The number of anilines is 1. The van der Waals surface area contributed by atoms with Crippen molar-refractivity contribution in [2.24, 2.45) is 0 Å². The Labute approximate surface area is 148 Å². The van der Waals surface area contributed by atoms with Crippen LogP contribution in [0.2, 0.25) is 0 Å². The van der Waals surface area contributed by atoms with Gasteiger partial charge in [-0.3, -0.25) is 4.79 Å². The van der Waals surface area contributed by atoms with Crippen LogP contribution in [0.25, 0.3) is 11.2 Å². The topological polar surface area (TPSA) is 99.7 Å². The highest BCUT2D eigenvalue weighted by Gasteiger charge is 2.33. The standard InChI is InChI=1S/C17H18FN7O/c1-10-22-15-13(4-6-19-16(15)23-10)17(26)20-8-12-7-11(18)9-25(12)14-3-2-5-21-24-14/h2-6,11-12H,7-9H2,1H3,(H,20,26)(H,19,22,23)/t11-,12-/m0/s1. The Kier molecular flexibility index (Phi) is 4.19. The number of aromatic nitrogens is 5. The summed E-state index contributed by atoms with van der Waals surface area (Å²) in [5.74, 6) is 1.06. The molecule has 0 spiro atoms. The van der Waals surface area contributed by atoms with Crippen LogP contribution in [0.1, 0.15) is 22.6 Å². The van der Waals surface area contributed by atoms with Crippen molar-refractivity contribution >= 4 is 22.9 Å². The van der Waals surface area contributed by atoms with Crippen LogP contribution in [0.5, 0.6) is 0 Å². The minimum atomic E-state index is -0.957. The first-order valence-corrected chi connectivity index (χ1v) is 8.40. The Balaban J connectivity index is 1.49. The number of rotatable bonds is 4. The molecule has 3 aromatic rings. The van der Waals surface area contributed by atoms with Crippen molar-refractivity contribution in [3.63, 3.8) is 0 Å². The maximum Gasteiger partial charge on any atom is 0.253 e. The molecule has 1 saturated heterocycles. The Morgan fingerprint density at radius 3 is 3.12 bits per heavy atom. The first-order valence-electron chi connectivity index (χ1n) is 8.40. The third-order valence-electron chi connectivity index (χ3n) is 4.47. The highest BCUT2D eigenvalue weighted by Crippen LogP contribution is 2.25. The lowest BCUT2D eigenvalue weighted by molar-refractivity contribution is 0.0952. The second-order valence-electron chi connectivity index (χ2n) is 6.31. The average Bonchev–Trinajstić information content (AvgIpc) is 3.21. The van der Waals surface area contributed by atoms with E-state index in [2.05, 4.69) is 30.5 Å². The summed E-state index contributed by atoms with van der Waals surface area (Å²) in [5, 5.41) is 10.8. The second kappa shape index (κ2) is 6.66. The van der Waals surface area contributed by atoms with Gasteiger partial charge in [0.05, 0.1) is 23.7 Å². The van der Waals surface area contributed by atoms with E-state index in [1.165, 1.54) is 0 Å².